The zero-order valence-electron chi connectivity index (χ0n) is 12.4. The standard InChI is InChI=1S/C20H20O/c1-20(18-12-6-3-7-13-18)14-8-11-17(19(20)21)15-16-9-4-2-5-10-16/h2-7,9-10,12-13,15H,8,11,14H2,1H3/b17-15+/t20-/m1/s1. The molecule has 1 saturated carbocycles. The molecule has 1 aliphatic carbocycles. The minimum Gasteiger partial charge on any atom is -0.294 e. The fraction of sp³-hybridized carbons (Fsp3) is 0.250. The number of allylic oxidation sites excluding steroid dienone is 1. The van der Waals surface area contributed by atoms with Crippen molar-refractivity contribution in [1.29, 1.82) is 0 Å². The van der Waals surface area contributed by atoms with E-state index in [1.54, 1.807) is 0 Å². The van der Waals surface area contributed by atoms with E-state index in [1.807, 2.05) is 36.4 Å². The molecule has 0 bridgehead atoms. The minimum atomic E-state index is -0.375. The van der Waals surface area contributed by atoms with Gasteiger partial charge in [0.05, 0.1) is 5.41 Å². The molecule has 2 aromatic carbocycles. The molecule has 0 saturated heterocycles. The second-order valence-corrected chi connectivity index (χ2v) is 5.96. The third kappa shape index (κ3) is 2.69. The van der Waals surface area contributed by atoms with Gasteiger partial charge in [-0.05, 0) is 49.0 Å². The summed E-state index contributed by atoms with van der Waals surface area (Å²) in [4.78, 5) is 13.0. The van der Waals surface area contributed by atoms with Crippen molar-refractivity contribution in [3.8, 4) is 0 Å². The Hall–Kier alpha value is -2.15. The topological polar surface area (TPSA) is 17.1 Å². The van der Waals surface area contributed by atoms with E-state index in [2.05, 4.69) is 37.3 Å². The van der Waals surface area contributed by atoms with Crippen LogP contribution in [0.5, 0.6) is 0 Å². The van der Waals surface area contributed by atoms with Crippen LogP contribution in [-0.2, 0) is 10.2 Å². The van der Waals surface area contributed by atoms with E-state index >= 15 is 0 Å². The first kappa shape index (κ1) is 13.8. The van der Waals surface area contributed by atoms with Crippen molar-refractivity contribution in [3.63, 3.8) is 0 Å². The molecule has 1 nitrogen and oxygen atoms in total. The molecule has 0 unspecified atom stereocenters. The first-order valence-electron chi connectivity index (χ1n) is 7.56. The maximum absolute atomic E-state index is 13.0. The van der Waals surface area contributed by atoms with Gasteiger partial charge in [-0.1, -0.05) is 60.7 Å². The molecular weight excluding hydrogens is 256 g/mol. The van der Waals surface area contributed by atoms with E-state index in [-0.39, 0.29) is 11.2 Å². The molecule has 1 aliphatic rings. The molecule has 0 N–H and O–H groups in total. The van der Waals surface area contributed by atoms with Crippen LogP contribution >= 0.6 is 0 Å². The Morgan fingerprint density at radius 3 is 2.24 bits per heavy atom. The number of ketones is 1. The van der Waals surface area contributed by atoms with Crippen LogP contribution in [0.2, 0.25) is 0 Å². The number of hydrogen-bond acceptors (Lipinski definition) is 1. The van der Waals surface area contributed by atoms with Crippen molar-refractivity contribution >= 4 is 11.9 Å². The molecule has 0 radical (unpaired) electrons. The number of Topliss-reactive ketones (excluding diaryl/α,β-unsaturated/α-hetero) is 1. The summed E-state index contributed by atoms with van der Waals surface area (Å²) < 4.78 is 0. The van der Waals surface area contributed by atoms with Crippen LogP contribution in [0.1, 0.15) is 37.3 Å². The second-order valence-electron chi connectivity index (χ2n) is 5.96. The normalized spacial score (nSPS) is 24.2. The Morgan fingerprint density at radius 1 is 0.952 bits per heavy atom. The van der Waals surface area contributed by atoms with Crippen LogP contribution in [0.15, 0.2) is 66.2 Å². The molecule has 0 aliphatic heterocycles. The lowest BCUT2D eigenvalue weighted by Crippen LogP contribution is -2.37. The molecule has 2 aromatic rings. The van der Waals surface area contributed by atoms with Crippen LogP contribution in [0.3, 0.4) is 0 Å². The van der Waals surface area contributed by atoms with Crippen molar-refractivity contribution < 1.29 is 4.79 Å². The molecule has 0 amide bonds. The largest absolute Gasteiger partial charge is 0.294 e. The van der Waals surface area contributed by atoms with Crippen LogP contribution in [0.25, 0.3) is 6.08 Å². The molecular formula is C20H20O. The van der Waals surface area contributed by atoms with Crippen LogP contribution in [0, 0.1) is 0 Å². The van der Waals surface area contributed by atoms with Gasteiger partial charge in [0.1, 0.15) is 0 Å². The number of benzene rings is 2. The Balaban J connectivity index is 1.96. The van der Waals surface area contributed by atoms with Gasteiger partial charge in [-0.3, -0.25) is 4.79 Å². The van der Waals surface area contributed by atoms with E-state index in [4.69, 9.17) is 0 Å². The van der Waals surface area contributed by atoms with Gasteiger partial charge in [-0.25, -0.2) is 0 Å². The van der Waals surface area contributed by atoms with Crippen molar-refractivity contribution in [1.82, 2.24) is 0 Å². The first-order chi connectivity index (χ1) is 10.2. The third-order valence-corrected chi connectivity index (χ3v) is 4.47. The second kappa shape index (κ2) is 5.69. The fourth-order valence-corrected chi connectivity index (χ4v) is 3.18. The first-order valence-corrected chi connectivity index (χ1v) is 7.56. The van der Waals surface area contributed by atoms with Crippen LogP contribution < -0.4 is 0 Å². The average molecular weight is 276 g/mol. The summed E-state index contributed by atoms with van der Waals surface area (Å²) >= 11 is 0. The number of hydrogen-bond donors (Lipinski definition) is 0. The van der Waals surface area contributed by atoms with Crippen LogP contribution in [-0.4, -0.2) is 5.78 Å². The number of carbonyl (C=O) groups excluding carboxylic acids is 1. The minimum absolute atomic E-state index is 0.281. The van der Waals surface area contributed by atoms with E-state index in [0.29, 0.717) is 0 Å². The summed E-state index contributed by atoms with van der Waals surface area (Å²) in [6.45, 7) is 2.09. The molecule has 1 fully saturated rings. The maximum Gasteiger partial charge on any atom is 0.169 e. The van der Waals surface area contributed by atoms with Crippen molar-refractivity contribution in [2.24, 2.45) is 0 Å². The van der Waals surface area contributed by atoms with Crippen molar-refractivity contribution in [3.05, 3.63) is 77.4 Å². The molecule has 0 spiro atoms. The Bertz CT molecular complexity index is 655. The van der Waals surface area contributed by atoms with E-state index in [9.17, 15) is 4.79 Å². The highest BCUT2D eigenvalue weighted by atomic mass is 16.1. The van der Waals surface area contributed by atoms with Gasteiger partial charge in [-0.2, -0.15) is 0 Å². The fourth-order valence-electron chi connectivity index (χ4n) is 3.18. The highest BCUT2D eigenvalue weighted by Gasteiger charge is 2.39. The highest BCUT2D eigenvalue weighted by Crippen LogP contribution is 2.39. The summed E-state index contributed by atoms with van der Waals surface area (Å²) in [6.07, 6.45) is 4.94. The Kier molecular flexibility index (Phi) is 3.74. The summed E-state index contributed by atoms with van der Waals surface area (Å²) in [7, 11) is 0. The summed E-state index contributed by atoms with van der Waals surface area (Å²) in [5.74, 6) is 0.281. The molecule has 0 heterocycles. The van der Waals surface area contributed by atoms with Gasteiger partial charge in [0.25, 0.3) is 0 Å². The smallest absolute Gasteiger partial charge is 0.169 e. The molecule has 1 heteroatoms. The Morgan fingerprint density at radius 2 is 1.57 bits per heavy atom. The average Bonchev–Trinajstić information content (AvgIpc) is 2.54. The van der Waals surface area contributed by atoms with Gasteiger partial charge < -0.3 is 0 Å². The van der Waals surface area contributed by atoms with E-state index < -0.39 is 0 Å². The molecule has 0 aromatic heterocycles. The van der Waals surface area contributed by atoms with E-state index in [1.165, 1.54) is 0 Å². The van der Waals surface area contributed by atoms with Gasteiger partial charge in [-0.15, -0.1) is 0 Å². The van der Waals surface area contributed by atoms with Gasteiger partial charge in [0, 0.05) is 0 Å². The lowest BCUT2D eigenvalue weighted by Gasteiger charge is -2.34. The zero-order valence-corrected chi connectivity index (χ0v) is 12.4. The summed E-state index contributed by atoms with van der Waals surface area (Å²) in [5.41, 5.74) is 2.82. The van der Waals surface area contributed by atoms with Gasteiger partial charge >= 0.3 is 0 Å². The zero-order chi connectivity index (χ0) is 14.7. The van der Waals surface area contributed by atoms with Crippen LogP contribution in [0.4, 0.5) is 0 Å². The van der Waals surface area contributed by atoms with Gasteiger partial charge in [0.15, 0.2) is 5.78 Å². The van der Waals surface area contributed by atoms with Crippen molar-refractivity contribution in [2.75, 3.05) is 0 Å². The quantitative estimate of drug-likeness (QED) is 0.721. The van der Waals surface area contributed by atoms with E-state index in [0.717, 1.165) is 36.0 Å². The number of carbonyl (C=O) groups is 1. The molecule has 21 heavy (non-hydrogen) atoms. The predicted molar refractivity (Wildman–Crippen MR) is 87.1 cm³/mol. The lowest BCUT2D eigenvalue weighted by molar-refractivity contribution is -0.121. The maximum atomic E-state index is 13.0. The molecule has 3 rings (SSSR count). The summed E-state index contributed by atoms with van der Waals surface area (Å²) in [6, 6.07) is 20.3. The molecule has 1 atom stereocenters. The van der Waals surface area contributed by atoms with Crippen molar-refractivity contribution in [2.45, 2.75) is 31.6 Å². The number of rotatable bonds is 2. The third-order valence-electron chi connectivity index (χ3n) is 4.47. The SMILES string of the molecule is C[C@]1(c2ccccc2)CCC/C(=C\c2ccccc2)C1=O. The summed E-state index contributed by atoms with van der Waals surface area (Å²) in [5, 5.41) is 0. The lowest BCUT2D eigenvalue weighted by atomic mass is 9.68. The monoisotopic (exact) mass is 276 g/mol. The predicted octanol–water partition coefficient (Wildman–Crippen LogP) is 4.78. The van der Waals surface area contributed by atoms with Gasteiger partial charge in [0.2, 0.25) is 0 Å². The molecule has 106 valence electrons. The Labute approximate surface area is 126 Å². The highest BCUT2D eigenvalue weighted by molar-refractivity contribution is 6.07.